The molecule has 0 unspecified atom stereocenters. The van der Waals surface area contributed by atoms with Gasteiger partial charge in [-0.05, 0) is 19.1 Å². The maximum absolute atomic E-state index is 6.14. The van der Waals surface area contributed by atoms with E-state index in [2.05, 4.69) is 26.9 Å². The van der Waals surface area contributed by atoms with Gasteiger partial charge in [-0.15, -0.1) is 0 Å². The minimum absolute atomic E-state index is 0.326. The number of nitrogens with one attached hydrogen (secondary N) is 2. The summed E-state index contributed by atoms with van der Waals surface area (Å²) in [6.45, 7) is 0.911. The Bertz CT molecular complexity index is 421. The van der Waals surface area contributed by atoms with Crippen LogP contribution in [0.5, 0.6) is 0 Å². The Balaban J connectivity index is 2.04. The normalized spacial score (nSPS) is 18.1. The highest BCUT2D eigenvalue weighted by molar-refractivity contribution is 8.00. The van der Waals surface area contributed by atoms with Crippen molar-refractivity contribution in [2.24, 2.45) is 0 Å². The minimum atomic E-state index is 0.326. The number of aromatic nitrogens is 2. The van der Waals surface area contributed by atoms with Gasteiger partial charge in [-0.25, -0.2) is 4.98 Å². The molecular formula is C13H21ClN4S. The SMILES string of the molecule is CNc1ncc(Cl)c(NCC2(SC)CCCCC2)n1. The van der Waals surface area contributed by atoms with Crippen LogP contribution in [0.4, 0.5) is 11.8 Å². The van der Waals surface area contributed by atoms with Crippen molar-refractivity contribution in [3.63, 3.8) is 0 Å². The van der Waals surface area contributed by atoms with Crippen LogP contribution in [0.3, 0.4) is 0 Å². The molecule has 0 saturated heterocycles. The van der Waals surface area contributed by atoms with E-state index in [0.717, 1.165) is 12.4 Å². The summed E-state index contributed by atoms with van der Waals surface area (Å²) in [5.41, 5.74) is 0. The Labute approximate surface area is 124 Å². The second kappa shape index (κ2) is 6.66. The smallest absolute Gasteiger partial charge is 0.224 e. The number of rotatable bonds is 5. The molecule has 1 aromatic rings. The van der Waals surface area contributed by atoms with Crippen molar-refractivity contribution in [3.8, 4) is 0 Å². The van der Waals surface area contributed by atoms with E-state index in [1.54, 1.807) is 13.2 Å². The maximum Gasteiger partial charge on any atom is 0.224 e. The van der Waals surface area contributed by atoms with Crippen molar-refractivity contribution in [3.05, 3.63) is 11.2 Å². The molecule has 0 spiro atoms. The van der Waals surface area contributed by atoms with E-state index in [4.69, 9.17) is 11.6 Å². The number of hydrogen-bond donors (Lipinski definition) is 2. The van der Waals surface area contributed by atoms with E-state index in [1.807, 2.05) is 11.8 Å². The van der Waals surface area contributed by atoms with Crippen molar-refractivity contribution in [1.29, 1.82) is 0 Å². The summed E-state index contributed by atoms with van der Waals surface area (Å²) in [5, 5.41) is 6.91. The molecule has 0 atom stereocenters. The van der Waals surface area contributed by atoms with E-state index in [9.17, 15) is 0 Å². The first-order chi connectivity index (χ1) is 9.19. The van der Waals surface area contributed by atoms with Crippen molar-refractivity contribution in [2.45, 2.75) is 36.9 Å². The summed E-state index contributed by atoms with van der Waals surface area (Å²) in [4.78, 5) is 8.46. The lowest BCUT2D eigenvalue weighted by molar-refractivity contribution is 0.411. The summed E-state index contributed by atoms with van der Waals surface area (Å²) in [6.07, 6.45) is 10.4. The fourth-order valence-corrected chi connectivity index (χ4v) is 3.58. The Morgan fingerprint density at radius 2 is 2.11 bits per heavy atom. The molecule has 0 radical (unpaired) electrons. The van der Waals surface area contributed by atoms with Crippen LogP contribution in [-0.4, -0.2) is 34.6 Å². The largest absolute Gasteiger partial charge is 0.367 e. The molecule has 4 nitrogen and oxygen atoms in total. The van der Waals surface area contributed by atoms with E-state index >= 15 is 0 Å². The first kappa shape index (κ1) is 14.7. The Morgan fingerprint density at radius 3 is 2.74 bits per heavy atom. The van der Waals surface area contributed by atoms with Crippen LogP contribution in [0, 0.1) is 0 Å². The summed E-state index contributed by atoms with van der Waals surface area (Å²) < 4.78 is 0.326. The zero-order valence-corrected chi connectivity index (χ0v) is 13.1. The van der Waals surface area contributed by atoms with Gasteiger partial charge in [-0.3, -0.25) is 0 Å². The molecule has 1 aromatic heterocycles. The molecule has 106 valence electrons. The third-order valence-corrected chi connectivity index (χ3v) is 5.44. The zero-order chi connectivity index (χ0) is 13.7. The highest BCUT2D eigenvalue weighted by Crippen LogP contribution is 2.38. The molecule has 1 heterocycles. The van der Waals surface area contributed by atoms with E-state index in [-0.39, 0.29) is 0 Å². The third-order valence-electron chi connectivity index (χ3n) is 3.74. The maximum atomic E-state index is 6.14. The summed E-state index contributed by atoms with van der Waals surface area (Å²) in [7, 11) is 1.80. The Hall–Kier alpha value is -0.680. The third kappa shape index (κ3) is 3.66. The molecule has 19 heavy (non-hydrogen) atoms. The quantitative estimate of drug-likeness (QED) is 0.869. The number of hydrogen-bond acceptors (Lipinski definition) is 5. The molecule has 1 fully saturated rings. The van der Waals surface area contributed by atoms with Gasteiger partial charge in [0, 0.05) is 18.3 Å². The lowest BCUT2D eigenvalue weighted by atomic mass is 9.88. The second-order valence-electron chi connectivity index (χ2n) is 4.94. The van der Waals surface area contributed by atoms with Crippen LogP contribution in [0.15, 0.2) is 6.20 Å². The monoisotopic (exact) mass is 300 g/mol. The fraction of sp³-hybridized carbons (Fsp3) is 0.692. The predicted molar refractivity (Wildman–Crippen MR) is 84.4 cm³/mol. The molecule has 1 aliphatic carbocycles. The van der Waals surface area contributed by atoms with Gasteiger partial charge in [0.1, 0.15) is 5.02 Å². The predicted octanol–water partition coefficient (Wildman–Crippen LogP) is 3.65. The lowest BCUT2D eigenvalue weighted by Crippen LogP contribution is -2.35. The van der Waals surface area contributed by atoms with Gasteiger partial charge in [0.05, 0.1) is 6.20 Å². The molecule has 0 amide bonds. The van der Waals surface area contributed by atoms with Crippen LogP contribution in [0.25, 0.3) is 0 Å². The van der Waals surface area contributed by atoms with Crippen LogP contribution in [0.2, 0.25) is 5.02 Å². The molecule has 6 heteroatoms. The van der Waals surface area contributed by atoms with Gasteiger partial charge in [0.15, 0.2) is 5.82 Å². The van der Waals surface area contributed by atoms with Crippen LogP contribution >= 0.6 is 23.4 Å². The standard InChI is InChI=1S/C13H21ClN4S/c1-15-12-16-8-10(14)11(18-12)17-9-13(19-2)6-4-3-5-7-13/h8H,3-7,9H2,1-2H3,(H2,15,16,17,18). The summed E-state index contributed by atoms with van der Waals surface area (Å²) in [5.74, 6) is 1.31. The van der Waals surface area contributed by atoms with Gasteiger partial charge in [0.2, 0.25) is 5.95 Å². The molecule has 1 saturated carbocycles. The second-order valence-corrected chi connectivity index (χ2v) is 6.62. The van der Waals surface area contributed by atoms with Gasteiger partial charge in [-0.1, -0.05) is 30.9 Å². The number of anilines is 2. The van der Waals surface area contributed by atoms with Crippen molar-refractivity contribution in [1.82, 2.24) is 9.97 Å². The van der Waals surface area contributed by atoms with Gasteiger partial charge >= 0.3 is 0 Å². The van der Waals surface area contributed by atoms with Gasteiger partial charge in [-0.2, -0.15) is 16.7 Å². The van der Waals surface area contributed by atoms with Crippen LogP contribution in [0.1, 0.15) is 32.1 Å². The van der Waals surface area contributed by atoms with Crippen LogP contribution < -0.4 is 10.6 Å². The Kier molecular flexibility index (Phi) is 5.16. The summed E-state index contributed by atoms with van der Waals surface area (Å²) in [6, 6.07) is 0. The Morgan fingerprint density at radius 1 is 1.37 bits per heavy atom. The van der Waals surface area contributed by atoms with E-state index in [0.29, 0.717) is 15.7 Å². The van der Waals surface area contributed by atoms with Crippen molar-refractivity contribution < 1.29 is 0 Å². The summed E-state index contributed by atoms with van der Waals surface area (Å²) >= 11 is 8.10. The topological polar surface area (TPSA) is 49.8 Å². The van der Waals surface area contributed by atoms with Crippen molar-refractivity contribution >= 4 is 35.1 Å². The fourth-order valence-electron chi connectivity index (χ4n) is 2.51. The number of thioether (sulfide) groups is 1. The molecule has 0 aliphatic heterocycles. The molecule has 0 aromatic carbocycles. The first-order valence-electron chi connectivity index (χ1n) is 6.68. The molecule has 2 N–H and O–H groups in total. The zero-order valence-electron chi connectivity index (χ0n) is 11.5. The molecule has 2 rings (SSSR count). The average molecular weight is 301 g/mol. The molecular weight excluding hydrogens is 280 g/mol. The van der Waals surface area contributed by atoms with E-state index in [1.165, 1.54) is 32.1 Å². The highest BCUT2D eigenvalue weighted by Gasteiger charge is 2.31. The van der Waals surface area contributed by atoms with E-state index < -0.39 is 0 Å². The molecule has 0 bridgehead atoms. The van der Waals surface area contributed by atoms with Crippen LogP contribution in [-0.2, 0) is 0 Å². The highest BCUT2D eigenvalue weighted by atomic mass is 35.5. The minimum Gasteiger partial charge on any atom is -0.367 e. The number of halogens is 1. The molecule has 1 aliphatic rings. The number of nitrogens with zero attached hydrogens (tertiary/aromatic N) is 2. The lowest BCUT2D eigenvalue weighted by Gasteiger charge is -2.36. The first-order valence-corrected chi connectivity index (χ1v) is 8.29. The van der Waals surface area contributed by atoms with Gasteiger partial charge < -0.3 is 10.6 Å². The van der Waals surface area contributed by atoms with Gasteiger partial charge in [0.25, 0.3) is 0 Å². The van der Waals surface area contributed by atoms with Crippen molar-refractivity contribution in [2.75, 3.05) is 30.5 Å². The average Bonchev–Trinajstić information content (AvgIpc) is 2.47.